The Hall–Kier alpha value is -1.26. The van der Waals surface area contributed by atoms with Gasteiger partial charge in [-0.2, -0.15) is 0 Å². The lowest BCUT2D eigenvalue weighted by molar-refractivity contribution is -0.237. The van der Waals surface area contributed by atoms with Crippen molar-refractivity contribution in [2.24, 2.45) is 11.8 Å². The molecule has 0 unspecified atom stereocenters. The summed E-state index contributed by atoms with van der Waals surface area (Å²) in [6.07, 6.45) is 12.8. The van der Waals surface area contributed by atoms with E-state index in [0.717, 1.165) is 36.8 Å². The molecule has 0 bridgehead atoms. The standard InChI is InChI=1S/C25H36F2O2/c1-3-15-25(27)17-28-24(29-18-25)14-12-20-7-5-19(6-8-20)9-10-21-11-13-22(4-2)23(26)16-21/h9-11,13,16,19-20,24H,3-8,12,14-15,17-18H2,1-2H3/b10-9+. The summed E-state index contributed by atoms with van der Waals surface area (Å²) in [4.78, 5) is 0. The van der Waals surface area contributed by atoms with Crippen molar-refractivity contribution in [1.29, 1.82) is 0 Å². The highest BCUT2D eigenvalue weighted by molar-refractivity contribution is 5.50. The fraction of sp³-hybridized carbons (Fsp3) is 0.680. The monoisotopic (exact) mass is 406 g/mol. The van der Waals surface area contributed by atoms with Crippen molar-refractivity contribution in [3.05, 3.63) is 41.2 Å². The molecule has 2 nitrogen and oxygen atoms in total. The fourth-order valence-electron chi connectivity index (χ4n) is 4.58. The van der Waals surface area contributed by atoms with Crippen molar-refractivity contribution < 1.29 is 18.3 Å². The van der Waals surface area contributed by atoms with Crippen LogP contribution in [0.3, 0.4) is 0 Å². The second-order valence-corrected chi connectivity index (χ2v) is 8.87. The summed E-state index contributed by atoms with van der Waals surface area (Å²) in [5.74, 6) is 1.16. The molecule has 1 heterocycles. The van der Waals surface area contributed by atoms with E-state index in [1.165, 1.54) is 25.7 Å². The van der Waals surface area contributed by atoms with Crippen LogP contribution in [0.4, 0.5) is 8.78 Å². The normalized spacial score (nSPS) is 30.7. The molecule has 162 valence electrons. The molecule has 2 fully saturated rings. The summed E-state index contributed by atoms with van der Waals surface area (Å²) < 4.78 is 39.5. The summed E-state index contributed by atoms with van der Waals surface area (Å²) >= 11 is 0. The lowest BCUT2D eigenvalue weighted by Gasteiger charge is -2.35. The molecule has 0 spiro atoms. The van der Waals surface area contributed by atoms with Gasteiger partial charge in [0.25, 0.3) is 0 Å². The average Bonchev–Trinajstić information content (AvgIpc) is 2.73. The molecule has 1 saturated heterocycles. The van der Waals surface area contributed by atoms with Gasteiger partial charge in [-0.1, -0.05) is 44.6 Å². The van der Waals surface area contributed by atoms with Gasteiger partial charge in [-0.3, -0.25) is 0 Å². The van der Waals surface area contributed by atoms with E-state index in [2.05, 4.69) is 12.2 Å². The molecule has 0 atom stereocenters. The van der Waals surface area contributed by atoms with E-state index in [4.69, 9.17) is 9.47 Å². The van der Waals surface area contributed by atoms with E-state index < -0.39 is 5.67 Å². The number of alkyl halides is 1. The second kappa shape index (κ2) is 10.7. The van der Waals surface area contributed by atoms with Crippen molar-refractivity contribution in [3.63, 3.8) is 0 Å². The molecule has 0 amide bonds. The van der Waals surface area contributed by atoms with Crippen molar-refractivity contribution >= 4 is 6.08 Å². The first kappa shape index (κ1) is 22.4. The molecular formula is C25H36F2O2. The van der Waals surface area contributed by atoms with E-state index in [1.807, 2.05) is 26.0 Å². The lowest BCUT2D eigenvalue weighted by Crippen LogP contribution is -2.44. The van der Waals surface area contributed by atoms with Crippen LogP contribution in [0.15, 0.2) is 24.3 Å². The largest absolute Gasteiger partial charge is 0.349 e. The van der Waals surface area contributed by atoms with Gasteiger partial charge in [-0.05, 0) is 80.4 Å². The van der Waals surface area contributed by atoms with Crippen LogP contribution in [-0.4, -0.2) is 25.2 Å². The van der Waals surface area contributed by atoms with Gasteiger partial charge in [0.15, 0.2) is 12.0 Å². The first-order valence-electron chi connectivity index (χ1n) is 11.4. The minimum Gasteiger partial charge on any atom is -0.349 e. The fourth-order valence-corrected chi connectivity index (χ4v) is 4.58. The molecule has 1 aromatic rings. The van der Waals surface area contributed by atoms with Gasteiger partial charge in [0, 0.05) is 0 Å². The van der Waals surface area contributed by atoms with E-state index in [-0.39, 0.29) is 25.3 Å². The van der Waals surface area contributed by atoms with Crippen LogP contribution in [-0.2, 0) is 15.9 Å². The molecule has 4 heteroatoms. The molecule has 1 aromatic carbocycles. The number of hydrogen-bond acceptors (Lipinski definition) is 2. The molecule has 3 rings (SSSR count). The summed E-state index contributed by atoms with van der Waals surface area (Å²) in [5.41, 5.74) is 0.423. The zero-order valence-corrected chi connectivity index (χ0v) is 18.0. The zero-order chi connectivity index (χ0) is 20.7. The number of halogens is 2. The third-order valence-corrected chi connectivity index (χ3v) is 6.47. The Balaban J connectivity index is 1.36. The molecular weight excluding hydrogens is 370 g/mol. The molecule has 0 radical (unpaired) electrons. The van der Waals surface area contributed by atoms with Crippen molar-refractivity contribution in [3.8, 4) is 0 Å². The van der Waals surface area contributed by atoms with Gasteiger partial charge in [0.05, 0.1) is 13.2 Å². The third kappa shape index (κ3) is 6.62. The topological polar surface area (TPSA) is 18.5 Å². The SMILES string of the molecule is CCCC1(F)COC(CCC2CCC(/C=C/c3ccc(CC)c(F)c3)CC2)OC1. The van der Waals surface area contributed by atoms with Crippen LogP contribution >= 0.6 is 0 Å². The van der Waals surface area contributed by atoms with Crippen LogP contribution in [0, 0.1) is 17.7 Å². The summed E-state index contributed by atoms with van der Waals surface area (Å²) in [6, 6.07) is 5.52. The Morgan fingerprint density at radius 1 is 1.07 bits per heavy atom. The number of rotatable bonds is 8. The smallest absolute Gasteiger partial charge is 0.157 e. The maximum Gasteiger partial charge on any atom is 0.157 e. The van der Waals surface area contributed by atoms with E-state index in [0.29, 0.717) is 18.3 Å². The molecule has 2 aliphatic rings. The van der Waals surface area contributed by atoms with E-state index >= 15 is 0 Å². The number of benzene rings is 1. The predicted octanol–water partition coefficient (Wildman–Crippen LogP) is 6.87. The van der Waals surface area contributed by atoms with Gasteiger partial charge in [-0.25, -0.2) is 8.78 Å². The number of allylic oxidation sites excluding steroid dienone is 1. The molecule has 0 N–H and O–H groups in total. The van der Waals surface area contributed by atoms with Gasteiger partial charge >= 0.3 is 0 Å². The minimum atomic E-state index is -1.30. The predicted molar refractivity (Wildman–Crippen MR) is 114 cm³/mol. The van der Waals surface area contributed by atoms with Gasteiger partial charge in [0.2, 0.25) is 0 Å². The molecule has 1 aliphatic heterocycles. The van der Waals surface area contributed by atoms with Crippen LogP contribution < -0.4 is 0 Å². The Bertz CT molecular complexity index is 657. The van der Waals surface area contributed by atoms with Gasteiger partial charge < -0.3 is 9.47 Å². The highest BCUT2D eigenvalue weighted by atomic mass is 19.1. The van der Waals surface area contributed by atoms with E-state index in [1.54, 1.807) is 6.07 Å². The Labute approximate surface area is 174 Å². The Morgan fingerprint density at radius 3 is 2.41 bits per heavy atom. The second-order valence-electron chi connectivity index (χ2n) is 8.87. The Kier molecular flexibility index (Phi) is 8.25. The molecule has 1 aliphatic carbocycles. The molecule has 29 heavy (non-hydrogen) atoms. The van der Waals surface area contributed by atoms with Gasteiger partial charge in [0.1, 0.15) is 5.82 Å². The number of aryl methyl sites for hydroxylation is 1. The summed E-state index contributed by atoms with van der Waals surface area (Å²) in [6.45, 7) is 4.30. The minimum absolute atomic E-state index is 0.106. The number of ether oxygens (including phenoxy) is 2. The number of hydrogen-bond donors (Lipinski definition) is 0. The Morgan fingerprint density at radius 2 is 1.79 bits per heavy atom. The lowest BCUT2D eigenvalue weighted by atomic mass is 9.79. The maximum absolute atomic E-state index is 14.4. The highest BCUT2D eigenvalue weighted by Gasteiger charge is 2.36. The van der Waals surface area contributed by atoms with Gasteiger partial charge in [-0.15, -0.1) is 0 Å². The first-order valence-corrected chi connectivity index (χ1v) is 11.4. The van der Waals surface area contributed by atoms with Crippen LogP contribution in [0.25, 0.3) is 6.08 Å². The third-order valence-electron chi connectivity index (χ3n) is 6.47. The van der Waals surface area contributed by atoms with Crippen molar-refractivity contribution in [2.75, 3.05) is 13.2 Å². The first-order chi connectivity index (χ1) is 14.0. The summed E-state index contributed by atoms with van der Waals surface area (Å²) in [5, 5.41) is 0. The van der Waals surface area contributed by atoms with Crippen molar-refractivity contribution in [1.82, 2.24) is 0 Å². The molecule has 0 aromatic heterocycles. The quantitative estimate of drug-likeness (QED) is 0.469. The van der Waals surface area contributed by atoms with Crippen LogP contribution in [0.2, 0.25) is 0 Å². The van der Waals surface area contributed by atoms with Crippen LogP contribution in [0.5, 0.6) is 0 Å². The van der Waals surface area contributed by atoms with Crippen LogP contribution in [0.1, 0.15) is 76.3 Å². The average molecular weight is 407 g/mol. The maximum atomic E-state index is 14.4. The highest BCUT2D eigenvalue weighted by Crippen LogP contribution is 2.34. The summed E-state index contributed by atoms with van der Waals surface area (Å²) in [7, 11) is 0. The molecule has 1 saturated carbocycles. The van der Waals surface area contributed by atoms with E-state index in [9.17, 15) is 8.78 Å². The van der Waals surface area contributed by atoms with Crippen molar-refractivity contribution in [2.45, 2.75) is 83.6 Å². The zero-order valence-electron chi connectivity index (χ0n) is 18.0.